The van der Waals surface area contributed by atoms with Crippen molar-refractivity contribution >= 4 is 38.6 Å². The Kier molecular flexibility index (Phi) is 6.25. The SMILES string of the molecule is Cc1cc(C)cc(-n2c(SCCOc3ccc(Br)cc3)nc3ccccc3c2=O)c1. The summed E-state index contributed by atoms with van der Waals surface area (Å²) in [5.41, 5.74) is 3.72. The molecule has 152 valence electrons. The molecule has 0 aliphatic rings. The summed E-state index contributed by atoms with van der Waals surface area (Å²) in [6.07, 6.45) is 0. The number of para-hydroxylation sites is 1. The second kappa shape index (κ2) is 9.06. The van der Waals surface area contributed by atoms with Crippen LogP contribution in [0.25, 0.3) is 16.6 Å². The van der Waals surface area contributed by atoms with E-state index < -0.39 is 0 Å². The van der Waals surface area contributed by atoms with Crippen molar-refractivity contribution in [1.82, 2.24) is 9.55 Å². The maximum absolute atomic E-state index is 13.3. The molecule has 0 atom stereocenters. The molecule has 4 nitrogen and oxygen atoms in total. The van der Waals surface area contributed by atoms with Crippen LogP contribution in [0.4, 0.5) is 0 Å². The predicted octanol–water partition coefficient (Wildman–Crippen LogP) is 5.94. The third-order valence-electron chi connectivity index (χ3n) is 4.61. The van der Waals surface area contributed by atoms with Gasteiger partial charge in [0.05, 0.1) is 23.2 Å². The number of aryl methyl sites for hydroxylation is 2. The molecule has 0 bridgehead atoms. The summed E-state index contributed by atoms with van der Waals surface area (Å²) < 4.78 is 8.56. The molecule has 0 unspecified atom stereocenters. The molecular weight excluding hydrogens is 460 g/mol. The second-order valence-electron chi connectivity index (χ2n) is 7.05. The van der Waals surface area contributed by atoms with Gasteiger partial charge < -0.3 is 4.74 Å². The molecule has 3 aromatic carbocycles. The Bertz CT molecular complexity index is 1230. The summed E-state index contributed by atoms with van der Waals surface area (Å²) in [5, 5.41) is 1.29. The van der Waals surface area contributed by atoms with Crippen LogP contribution in [0.15, 0.2) is 81.2 Å². The first kappa shape index (κ1) is 20.7. The van der Waals surface area contributed by atoms with Crippen LogP contribution in [0.5, 0.6) is 5.75 Å². The van der Waals surface area contributed by atoms with Gasteiger partial charge in [0.25, 0.3) is 5.56 Å². The molecule has 1 heterocycles. The number of aromatic nitrogens is 2. The molecule has 0 N–H and O–H groups in total. The lowest BCUT2D eigenvalue weighted by atomic mass is 10.1. The van der Waals surface area contributed by atoms with Crippen molar-refractivity contribution in [3.05, 3.63) is 92.7 Å². The molecule has 0 aliphatic heterocycles. The third-order valence-corrected chi connectivity index (χ3v) is 6.04. The molecule has 0 saturated heterocycles. The van der Waals surface area contributed by atoms with Crippen molar-refractivity contribution in [3.63, 3.8) is 0 Å². The zero-order chi connectivity index (χ0) is 21.1. The van der Waals surface area contributed by atoms with Gasteiger partial charge in [-0.15, -0.1) is 0 Å². The van der Waals surface area contributed by atoms with E-state index in [1.54, 1.807) is 4.57 Å². The molecule has 6 heteroatoms. The van der Waals surface area contributed by atoms with Crippen molar-refractivity contribution in [3.8, 4) is 11.4 Å². The molecule has 0 saturated carbocycles. The highest BCUT2D eigenvalue weighted by Crippen LogP contribution is 2.23. The van der Waals surface area contributed by atoms with Crippen molar-refractivity contribution in [2.24, 2.45) is 0 Å². The molecule has 0 amide bonds. The molecule has 4 aromatic rings. The fraction of sp³-hybridized carbons (Fsp3) is 0.167. The maximum atomic E-state index is 13.3. The molecule has 0 aliphatic carbocycles. The van der Waals surface area contributed by atoms with Crippen molar-refractivity contribution in [2.75, 3.05) is 12.4 Å². The van der Waals surface area contributed by atoms with Crippen LogP contribution in [0.1, 0.15) is 11.1 Å². The minimum atomic E-state index is -0.0538. The minimum Gasteiger partial charge on any atom is -0.493 e. The van der Waals surface area contributed by atoms with Crippen LogP contribution in [0, 0.1) is 13.8 Å². The van der Waals surface area contributed by atoms with Crippen molar-refractivity contribution in [1.29, 1.82) is 0 Å². The number of hydrogen-bond donors (Lipinski definition) is 0. The van der Waals surface area contributed by atoms with E-state index in [4.69, 9.17) is 9.72 Å². The van der Waals surface area contributed by atoms with Gasteiger partial charge in [-0.1, -0.05) is 45.9 Å². The highest BCUT2D eigenvalue weighted by Gasteiger charge is 2.14. The van der Waals surface area contributed by atoms with Gasteiger partial charge in [0.1, 0.15) is 5.75 Å². The van der Waals surface area contributed by atoms with Gasteiger partial charge in [-0.2, -0.15) is 0 Å². The first-order valence-electron chi connectivity index (χ1n) is 9.63. The van der Waals surface area contributed by atoms with Gasteiger partial charge in [-0.3, -0.25) is 9.36 Å². The molecular formula is C24H21BrN2O2S. The Morgan fingerprint density at radius 1 is 1.00 bits per heavy atom. The average Bonchev–Trinajstić information content (AvgIpc) is 2.72. The van der Waals surface area contributed by atoms with Gasteiger partial charge in [0.15, 0.2) is 5.16 Å². The molecule has 4 rings (SSSR count). The summed E-state index contributed by atoms with van der Waals surface area (Å²) in [4.78, 5) is 18.1. The second-order valence-corrected chi connectivity index (χ2v) is 9.03. The summed E-state index contributed by atoms with van der Waals surface area (Å²) in [5.74, 6) is 1.49. The Hall–Kier alpha value is -2.57. The Labute approximate surface area is 188 Å². The number of halogens is 1. The Morgan fingerprint density at radius 3 is 2.43 bits per heavy atom. The molecule has 1 aromatic heterocycles. The fourth-order valence-electron chi connectivity index (χ4n) is 3.34. The largest absolute Gasteiger partial charge is 0.493 e. The zero-order valence-corrected chi connectivity index (χ0v) is 19.2. The van der Waals surface area contributed by atoms with Crippen LogP contribution in [0.2, 0.25) is 0 Å². The molecule has 30 heavy (non-hydrogen) atoms. The monoisotopic (exact) mass is 480 g/mol. The number of benzene rings is 3. The van der Waals surface area contributed by atoms with E-state index in [-0.39, 0.29) is 5.56 Å². The number of rotatable bonds is 6. The average molecular weight is 481 g/mol. The topological polar surface area (TPSA) is 44.1 Å². The number of nitrogens with zero attached hydrogens (tertiary/aromatic N) is 2. The van der Waals surface area contributed by atoms with Crippen LogP contribution >= 0.6 is 27.7 Å². The lowest BCUT2D eigenvalue weighted by Crippen LogP contribution is -2.22. The smallest absolute Gasteiger partial charge is 0.266 e. The lowest BCUT2D eigenvalue weighted by molar-refractivity contribution is 0.344. The van der Waals surface area contributed by atoms with Crippen molar-refractivity contribution in [2.45, 2.75) is 19.0 Å². The maximum Gasteiger partial charge on any atom is 0.266 e. The molecule has 0 radical (unpaired) electrons. The van der Waals surface area contributed by atoms with Gasteiger partial charge in [0, 0.05) is 10.2 Å². The number of thioether (sulfide) groups is 1. The minimum absolute atomic E-state index is 0.0538. The number of hydrogen-bond acceptors (Lipinski definition) is 4. The van der Waals surface area contributed by atoms with Gasteiger partial charge in [0.2, 0.25) is 0 Å². The van der Waals surface area contributed by atoms with E-state index in [0.29, 0.717) is 28.4 Å². The van der Waals surface area contributed by atoms with Gasteiger partial charge in [-0.25, -0.2) is 4.98 Å². The van der Waals surface area contributed by atoms with E-state index in [9.17, 15) is 4.79 Å². The lowest BCUT2D eigenvalue weighted by Gasteiger charge is -2.14. The van der Waals surface area contributed by atoms with E-state index in [2.05, 4.69) is 22.0 Å². The third kappa shape index (κ3) is 4.60. The van der Waals surface area contributed by atoms with Crippen molar-refractivity contribution < 1.29 is 4.74 Å². The summed E-state index contributed by atoms with van der Waals surface area (Å²) in [6, 6.07) is 21.4. The zero-order valence-electron chi connectivity index (χ0n) is 16.8. The fourth-order valence-corrected chi connectivity index (χ4v) is 4.43. The standard InChI is InChI=1S/C24H21BrN2O2S/c1-16-13-17(2)15-19(14-16)27-23(28)21-5-3-4-6-22(21)26-24(27)30-12-11-29-20-9-7-18(25)8-10-20/h3-10,13-15H,11-12H2,1-2H3. The number of ether oxygens (including phenoxy) is 1. The molecule has 0 spiro atoms. The van der Waals surface area contributed by atoms with Gasteiger partial charge >= 0.3 is 0 Å². The first-order valence-corrected chi connectivity index (χ1v) is 11.4. The quantitative estimate of drug-likeness (QED) is 0.194. The highest BCUT2D eigenvalue weighted by molar-refractivity contribution is 9.10. The van der Waals surface area contributed by atoms with Crippen LogP contribution in [-0.2, 0) is 0 Å². The van der Waals surface area contributed by atoms with E-state index >= 15 is 0 Å². The first-order chi connectivity index (χ1) is 14.5. The highest BCUT2D eigenvalue weighted by atomic mass is 79.9. The number of fused-ring (bicyclic) bond motifs is 1. The van der Waals surface area contributed by atoms with E-state index in [1.807, 2.05) is 74.5 Å². The van der Waals surface area contributed by atoms with Crippen LogP contribution < -0.4 is 10.3 Å². The Balaban J connectivity index is 1.65. The van der Waals surface area contributed by atoms with Gasteiger partial charge in [-0.05, 0) is 73.5 Å². The summed E-state index contributed by atoms with van der Waals surface area (Å²) in [7, 11) is 0. The van der Waals surface area contributed by atoms with E-state index in [1.165, 1.54) is 11.8 Å². The summed E-state index contributed by atoms with van der Waals surface area (Å²) in [6.45, 7) is 4.59. The summed E-state index contributed by atoms with van der Waals surface area (Å²) >= 11 is 4.95. The Morgan fingerprint density at radius 2 is 1.70 bits per heavy atom. The molecule has 0 fully saturated rings. The normalized spacial score (nSPS) is 11.0. The van der Waals surface area contributed by atoms with E-state index in [0.717, 1.165) is 27.0 Å². The van der Waals surface area contributed by atoms with Crippen LogP contribution in [-0.4, -0.2) is 21.9 Å². The predicted molar refractivity (Wildman–Crippen MR) is 127 cm³/mol. The van der Waals surface area contributed by atoms with Crippen LogP contribution in [0.3, 0.4) is 0 Å².